The quantitative estimate of drug-likeness (QED) is 0.508. The summed E-state index contributed by atoms with van der Waals surface area (Å²) in [5.41, 5.74) is 3.07. The van der Waals surface area contributed by atoms with Gasteiger partial charge in [0.05, 0.1) is 35.5 Å². The highest BCUT2D eigenvalue weighted by Crippen LogP contribution is 2.24. The number of nitrogens with one attached hydrogen (secondary N) is 1. The lowest BCUT2D eigenvalue weighted by molar-refractivity contribution is 0.604. The minimum atomic E-state index is -0.294. The summed E-state index contributed by atoms with van der Waals surface area (Å²) in [5.74, 6) is 0.449. The van der Waals surface area contributed by atoms with Crippen LogP contribution in [-0.4, -0.2) is 24.1 Å². The Morgan fingerprint density at radius 1 is 1.13 bits per heavy atom. The average molecular weight is 423 g/mol. The van der Waals surface area contributed by atoms with E-state index in [1.54, 1.807) is 36.4 Å². The van der Waals surface area contributed by atoms with Gasteiger partial charge in [-0.2, -0.15) is 0 Å². The Hall–Kier alpha value is -3.19. The van der Waals surface area contributed by atoms with Gasteiger partial charge in [-0.15, -0.1) is 0 Å². The summed E-state index contributed by atoms with van der Waals surface area (Å²) in [4.78, 5) is 26.1. The van der Waals surface area contributed by atoms with E-state index in [-0.39, 0.29) is 17.6 Å². The van der Waals surface area contributed by atoms with Crippen LogP contribution in [0.1, 0.15) is 38.4 Å². The molecule has 30 heavy (non-hydrogen) atoms. The molecule has 0 unspecified atom stereocenters. The summed E-state index contributed by atoms with van der Waals surface area (Å²) in [6.45, 7) is 6.10. The summed E-state index contributed by atoms with van der Waals surface area (Å²) >= 11 is 6.14. The van der Waals surface area contributed by atoms with Crippen LogP contribution in [0.2, 0.25) is 5.02 Å². The fourth-order valence-electron chi connectivity index (χ4n) is 3.55. The Morgan fingerprint density at radius 2 is 1.93 bits per heavy atom. The second kappa shape index (κ2) is 7.91. The number of rotatable bonds is 5. The summed E-state index contributed by atoms with van der Waals surface area (Å²) in [6.07, 6.45) is 5.29. The minimum absolute atomic E-state index is 0.0705. The molecule has 154 valence electrons. The standard InChI is InChI=1S/C22H23ClN6O/c1-13(2)29-12-24-11-20(29)18-7-8-25-22(27-18)26-14(3)17-10-15-9-16(23)5-6-19(15)28(4)21(17)30/h5-14H,1-4H3,(H,25,26,27)/t14-/m0/s1. The smallest absolute Gasteiger partial charge is 0.256 e. The summed E-state index contributed by atoms with van der Waals surface area (Å²) in [7, 11) is 1.76. The first kappa shape index (κ1) is 20.1. The van der Waals surface area contributed by atoms with Gasteiger partial charge in [0.2, 0.25) is 5.95 Å². The molecule has 0 spiro atoms. The topological polar surface area (TPSA) is 77.6 Å². The van der Waals surface area contributed by atoms with Gasteiger partial charge in [0, 0.05) is 35.3 Å². The van der Waals surface area contributed by atoms with Gasteiger partial charge in [0.15, 0.2) is 0 Å². The third kappa shape index (κ3) is 3.68. The molecule has 4 aromatic rings. The van der Waals surface area contributed by atoms with E-state index in [0.29, 0.717) is 16.5 Å². The van der Waals surface area contributed by atoms with Crippen molar-refractivity contribution < 1.29 is 0 Å². The maximum absolute atomic E-state index is 12.9. The Kier molecular flexibility index (Phi) is 5.30. The molecule has 1 N–H and O–H groups in total. The second-order valence-corrected chi connectivity index (χ2v) is 8.01. The van der Waals surface area contributed by atoms with E-state index < -0.39 is 0 Å². The van der Waals surface area contributed by atoms with Crippen LogP contribution in [0.25, 0.3) is 22.3 Å². The lowest BCUT2D eigenvalue weighted by Crippen LogP contribution is -2.25. The number of fused-ring (bicyclic) bond motifs is 1. The molecule has 0 aliphatic carbocycles. The lowest BCUT2D eigenvalue weighted by Gasteiger charge is -2.17. The Morgan fingerprint density at radius 3 is 2.70 bits per heavy atom. The Labute approximate surface area is 179 Å². The molecule has 0 aliphatic heterocycles. The zero-order chi connectivity index (χ0) is 21.4. The molecule has 0 fully saturated rings. The molecule has 3 heterocycles. The van der Waals surface area contributed by atoms with E-state index in [1.165, 1.54) is 0 Å². The van der Waals surface area contributed by atoms with Crippen molar-refractivity contribution in [3.63, 3.8) is 0 Å². The normalized spacial score (nSPS) is 12.5. The zero-order valence-electron chi connectivity index (χ0n) is 17.3. The van der Waals surface area contributed by atoms with E-state index in [9.17, 15) is 4.79 Å². The third-order valence-corrected chi connectivity index (χ3v) is 5.40. The number of hydrogen-bond acceptors (Lipinski definition) is 5. The van der Waals surface area contributed by atoms with Gasteiger partial charge in [-0.1, -0.05) is 11.6 Å². The molecule has 0 radical (unpaired) electrons. The minimum Gasteiger partial charge on any atom is -0.347 e. The van der Waals surface area contributed by atoms with Crippen LogP contribution in [0.15, 0.2) is 53.8 Å². The second-order valence-electron chi connectivity index (χ2n) is 7.58. The van der Waals surface area contributed by atoms with Crippen molar-refractivity contribution in [2.75, 3.05) is 5.32 Å². The highest BCUT2D eigenvalue weighted by molar-refractivity contribution is 6.31. The van der Waals surface area contributed by atoms with Gasteiger partial charge in [0.25, 0.3) is 5.56 Å². The number of anilines is 1. The van der Waals surface area contributed by atoms with Crippen LogP contribution in [-0.2, 0) is 7.05 Å². The van der Waals surface area contributed by atoms with Gasteiger partial charge >= 0.3 is 0 Å². The highest BCUT2D eigenvalue weighted by Gasteiger charge is 2.16. The summed E-state index contributed by atoms with van der Waals surface area (Å²) in [5, 5.41) is 4.79. The van der Waals surface area contributed by atoms with E-state index >= 15 is 0 Å². The average Bonchev–Trinajstić information content (AvgIpc) is 3.21. The van der Waals surface area contributed by atoms with Gasteiger partial charge in [-0.05, 0) is 51.1 Å². The number of benzene rings is 1. The summed E-state index contributed by atoms with van der Waals surface area (Å²) < 4.78 is 3.69. The number of aromatic nitrogens is 5. The van der Waals surface area contributed by atoms with Crippen LogP contribution in [0.4, 0.5) is 5.95 Å². The molecular weight excluding hydrogens is 400 g/mol. The predicted octanol–water partition coefficient (Wildman–Crippen LogP) is 4.60. The van der Waals surface area contributed by atoms with Crippen LogP contribution < -0.4 is 10.9 Å². The molecule has 1 atom stereocenters. The molecular formula is C22H23ClN6O. The van der Waals surface area contributed by atoms with Gasteiger partial charge in [0.1, 0.15) is 0 Å². The molecule has 0 amide bonds. The van der Waals surface area contributed by atoms with Crippen LogP contribution in [0.3, 0.4) is 0 Å². The number of hydrogen-bond donors (Lipinski definition) is 1. The third-order valence-electron chi connectivity index (χ3n) is 5.17. The van der Waals surface area contributed by atoms with E-state index in [0.717, 1.165) is 22.3 Å². The highest BCUT2D eigenvalue weighted by atomic mass is 35.5. The largest absolute Gasteiger partial charge is 0.347 e. The van der Waals surface area contributed by atoms with Crippen molar-refractivity contribution in [1.82, 2.24) is 24.1 Å². The number of halogens is 1. The SMILES string of the molecule is CC(C)n1cncc1-c1ccnc(N[C@@H](C)c2cc3cc(Cl)ccc3n(C)c2=O)n1. The van der Waals surface area contributed by atoms with Crippen molar-refractivity contribution in [3.05, 3.63) is 70.0 Å². The van der Waals surface area contributed by atoms with Gasteiger partial charge in [-0.25, -0.2) is 15.0 Å². The van der Waals surface area contributed by atoms with Crippen LogP contribution in [0, 0.1) is 0 Å². The van der Waals surface area contributed by atoms with E-state index in [1.807, 2.05) is 31.2 Å². The van der Waals surface area contributed by atoms with Crippen molar-refractivity contribution in [2.24, 2.45) is 7.05 Å². The van der Waals surface area contributed by atoms with Crippen molar-refractivity contribution in [1.29, 1.82) is 0 Å². The van der Waals surface area contributed by atoms with Crippen molar-refractivity contribution in [2.45, 2.75) is 32.9 Å². The first-order chi connectivity index (χ1) is 14.3. The number of aryl methyl sites for hydroxylation is 1. The van der Waals surface area contributed by atoms with Gasteiger partial charge in [-0.3, -0.25) is 4.79 Å². The van der Waals surface area contributed by atoms with E-state index in [2.05, 4.69) is 38.7 Å². The predicted molar refractivity (Wildman–Crippen MR) is 120 cm³/mol. The Balaban J connectivity index is 1.68. The summed E-state index contributed by atoms with van der Waals surface area (Å²) in [6, 6.07) is 9.19. The maximum atomic E-state index is 12.9. The van der Waals surface area contributed by atoms with Crippen LogP contribution >= 0.6 is 11.6 Å². The lowest BCUT2D eigenvalue weighted by atomic mass is 10.1. The van der Waals surface area contributed by atoms with Crippen LogP contribution in [0.5, 0.6) is 0 Å². The number of nitrogens with zero attached hydrogens (tertiary/aromatic N) is 5. The molecule has 8 heteroatoms. The van der Waals surface area contributed by atoms with E-state index in [4.69, 9.17) is 11.6 Å². The molecule has 0 saturated heterocycles. The molecule has 1 aromatic carbocycles. The molecule has 4 rings (SSSR count). The monoisotopic (exact) mass is 422 g/mol. The fourth-order valence-corrected chi connectivity index (χ4v) is 3.73. The zero-order valence-corrected chi connectivity index (χ0v) is 18.1. The maximum Gasteiger partial charge on any atom is 0.256 e. The molecule has 0 bridgehead atoms. The van der Waals surface area contributed by atoms with Gasteiger partial charge < -0.3 is 14.5 Å². The Bertz CT molecular complexity index is 1280. The molecule has 0 saturated carbocycles. The van der Waals surface area contributed by atoms with Crippen molar-refractivity contribution in [3.8, 4) is 11.4 Å². The molecule has 0 aliphatic rings. The fraction of sp³-hybridized carbons (Fsp3) is 0.273. The number of pyridine rings is 1. The number of imidazole rings is 1. The molecule has 7 nitrogen and oxygen atoms in total. The molecule has 3 aromatic heterocycles. The van der Waals surface area contributed by atoms with Crippen molar-refractivity contribution >= 4 is 28.5 Å². The first-order valence-corrected chi connectivity index (χ1v) is 10.1. The first-order valence-electron chi connectivity index (χ1n) is 9.76.